The number of amides is 1. The van der Waals surface area contributed by atoms with Crippen LogP contribution >= 0.6 is 0 Å². The fourth-order valence-electron chi connectivity index (χ4n) is 3.12. The van der Waals surface area contributed by atoms with E-state index in [4.69, 9.17) is 13.9 Å². The van der Waals surface area contributed by atoms with Crippen LogP contribution in [0.4, 0.5) is 4.79 Å². The molecule has 0 aliphatic carbocycles. The van der Waals surface area contributed by atoms with Gasteiger partial charge < -0.3 is 19.2 Å². The molecule has 7 heteroatoms. The Kier molecular flexibility index (Phi) is 7.07. The highest BCUT2D eigenvalue weighted by molar-refractivity contribution is 5.85. The summed E-state index contributed by atoms with van der Waals surface area (Å²) in [5.41, 5.74) is 2.10. The van der Waals surface area contributed by atoms with Gasteiger partial charge in [0.2, 0.25) is 0 Å². The Bertz CT molecular complexity index is 1140. The predicted octanol–water partition coefficient (Wildman–Crippen LogP) is 4.41. The third-order valence-corrected chi connectivity index (χ3v) is 5.01. The van der Waals surface area contributed by atoms with Crippen LogP contribution in [0, 0.1) is 13.8 Å². The summed E-state index contributed by atoms with van der Waals surface area (Å²) in [5, 5.41) is 3.33. The highest BCUT2D eigenvalue weighted by Gasteiger charge is 2.23. The number of carbonyl (C=O) groups excluding carboxylic acids is 2. The maximum absolute atomic E-state index is 12.7. The minimum absolute atomic E-state index is 0.100. The standard InChI is InChI=1S/C24H25NO6/c1-4-8-20(25-24(28)29-14-17-9-6-5-7-10-17)23(27)30-18-11-12-19-15(2)16(3)22(26)31-21(19)13-18/h5-7,9-13,20H,4,8,14H2,1-3H3,(H,25,28). The maximum Gasteiger partial charge on any atom is 0.408 e. The number of esters is 1. The van der Waals surface area contributed by atoms with E-state index in [2.05, 4.69) is 5.32 Å². The molecule has 1 aromatic heterocycles. The Morgan fingerprint density at radius 1 is 1.06 bits per heavy atom. The van der Waals surface area contributed by atoms with Crippen LogP contribution in [0.25, 0.3) is 11.0 Å². The van der Waals surface area contributed by atoms with Crippen molar-refractivity contribution in [2.24, 2.45) is 0 Å². The number of fused-ring (bicyclic) bond motifs is 1. The summed E-state index contributed by atoms with van der Waals surface area (Å²) in [6, 6.07) is 13.2. The molecule has 162 valence electrons. The first kappa shape index (κ1) is 22.1. The molecule has 1 heterocycles. The van der Waals surface area contributed by atoms with Crippen molar-refractivity contribution in [3.05, 3.63) is 75.6 Å². The number of rotatable bonds is 7. The second kappa shape index (κ2) is 9.93. The van der Waals surface area contributed by atoms with E-state index in [1.807, 2.05) is 44.2 Å². The number of aryl methyl sites for hydroxylation is 1. The molecule has 0 fully saturated rings. The van der Waals surface area contributed by atoms with E-state index in [0.29, 0.717) is 24.0 Å². The van der Waals surface area contributed by atoms with Gasteiger partial charge >= 0.3 is 17.7 Å². The summed E-state index contributed by atoms with van der Waals surface area (Å²) < 4.78 is 15.9. The zero-order valence-electron chi connectivity index (χ0n) is 17.8. The first-order valence-electron chi connectivity index (χ1n) is 10.1. The Labute approximate surface area is 180 Å². The lowest BCUT2D eigenvalue weighted by Gasteiger charge is -2.17. The zero-order chi connectivity index (χ0) is 22.4. The van der Waals surface area contributed by atoms with Gasteiger partial charge in [0.05, 0.1) is 0 Å². The molecule has 1 unspecified atom stereocenters. The number of hydrogen-bond donors (Lipinski definition) is 1. The molecule has 3 aromatic rings. The van der Waals surface area contributed by atoms with Gasteiger partial charge in [-0.25, -0.2) is 14.4 Å². The summed E-state index contributed by atoms with van der Waals surface area (Å²) in [6.07, 6.45) is 0.346. The molecule has 0 spiro atoms. The van der Waals surface area contributed by atoms with Crippen LogP contribution in [-0.2, 0) is 16.1 Å². The molecule has 0 saturated carbocycles. The van der Waals surface area contributed by atoms with Gasteiger partial charge in [0.25, 0.3) is 0 Å². The number of carbonyl (C=O) groups is 2. The van der Waals surface area contributed by atoms with Crippen LogP contribution in [0.3, 0.4) is 0 Å². The van der Waals surface area contributed by atoms with Crippen LogP contribution in [0.15, 0.2) is 57.7 Å². The maximum atomic E-state index is 12.7. The van der Waals surface area contributed by atoms with Crippen molar-refractivity contribution in [1.82, 2.24) is 5.32 Å². The van der Waals surface area contributed by atoms with Gasteiger partial charge in [0.1, 0.15) is 24.0 Å². The lowest BCUT2D eigenvalue weighted by Crippen LogP contribution is -2.43. The minimum atomic E-state index is -0.865. The molecule has 0 bridgehead atoms. The molecule has 1 N–H and O–H groups in total. The highest BCUT2D eigenvalue weighted by Crippen LogP contribution is 2.24. The molecular weight excluding hydrogens is 398 g/mol. The average molecular weight is 423 g/mol. The van der Waals surface area contributed by atoms with E-state index < -0.39 is 23.7 Å². The molecule has 0 aliphatic rings. The number of alkyl carbamates (subject to hydrolysis) is 1. The molecule has 1 amide bonds. The normalized spacial score (nSPS) is 11.7. The molecule has 31 heavy (non-hydrogen) atoms. The molecule has 2 aromatic carbocycles. The monoisotopic (exact) mass is 423 g/mol. The topological polar surface area (TPSA) is 94.8 Å². The van der Waals surface area contributed by atoms with Crippen molar-refractivity contribution in [2.75, 3.05) is 0 Å². The molecule has 0 aliphatic heterocycles. The summed E-state index contributed by atoms with van der Waals surface area (Å²) in [4.78, 5) is 36.7. The van der Waals surface area contributed by atoms with Gasteiger partial charge in [0, 0.05) is 17.0 Å². The molecule has 0 saturated heterocycles. The Hall–Kier alpha value is -3.61. The van der Waals surface area contributed by atoms with Gasteiger partial charge in [-0.15, -0.1) is 0 Å². The van der Waals surface area contributed by atoms with E-state index in [9.17, 15) is 14.4 Å². The lowest BCUT2D eigenvalue weighted by atomic mass is 10.1. The number of hydrogen-bond acceptors (Lipinski definition) is 6. The molecule has 0 radical (unpaired) electrons. The molecule has 1 atom stereocenters. The fourth-order valence-corrected chi connectivity index (χ4v) is 3.12. The zero-order valence-corrected chi connectivity index (χ0v) is 17.8. The fraction of sp³-hybridized carbons (Fsp3) is 0.292. The summed E-state index contributed by atoms with van der Waals surface area (Å²) in [6.45, 7) is 5.53. The van der Waals surface area contributed by atoms with Gasteiger partial charge in [-0.1, -0.05) is 43.7 Å². The van der Waals surface area contributed by atoms with Crippen LogP contribution in [-0.4, -0.2) is 18.1 Å². The number of benzene rings is 2. The number of nitrogens with one attached hydrogen (secondary N) is 1. The third-order valence-electron chi connectivity index (χ3n) is 5.01. The van der Waals surface area contributed by atoms with Crippen molar-refractivity contribution in [3.8, 4) is 5.75 Å². The Morgan fingerprint density at radius 2 is 1.81 bits per heavy atom. The molecule has 3 rings (SSSR count). The Balaban J connectivity index is 1.67. The number of ether oxygens (including phenoxy) is 2. The van der Waals surface area contributed by atoms with Crippen molar-refractivity contribution >= 4 is 23.0 Å². The largest absolute Gasteiger partial charge is 0.445 e. The van der Waals surface area contributed by atoms with Crippen molar-refractivity contribution in [3.63, 3.8) is 0 Å². The van der Waals surface area contributed by atoms with Gasteiger partial charge in [0.15, 0.2) is 0 Å². The van der Waals surface area contributed by atoms with Gasteiger partial charge in [-0.05, 0) is 43.5 Å². The minimum Gasteiger partial charge on any atom is -0.445 e. The first-order valence-corrected chi connectivity index (χ1v) is 10.1. The van der Waals surface area contributed by atoms with E-state index >= 15 is 0 Å². The van der Waals surface area contributed by atoms with Crippen LogP contribution in [0.2, 0.25) is 0 Å². The third kappa shape index (κ3) is 5.51. The van der Waals surface area contributed by atoms with Crippen LogP contribution < -0.4 is 15.7 Å². The highest BCUT2D eigenvalue weighted by atomic mass is 16.6. The first-order chi connectivity index (χ1) is 14.9. The van der Waals surface area contributed by atoms with Crippen molar-refractivity contribution in [1.29, 1.82) is 0 Å². The van der Waals surface area contributed by atoms with E-state index in [-0.39, 0.29) is 12.4 Å². The Morgan fingerprint density at radius 3 is 2.52 bits per heavy atom. The SMILES string of the molecule is CCCC(NC(=O)OCc1ccccc1)C(=O)Oc1ccc2c(C)c(C)c(=O)oc2c1. The van der Waals surface area contributed by atoms with E-state index in [0.717, 1.165) is 16.5 Å². The quantitative estimate of drug-likeness (QED) is 0.344. The van der Waals surface area contributed by atoms with Crippen molar-refractivity contribution < 1.29 is 23.5 Å². The van der Waals surface area contributed by atoms with Crippen LogP contribution in [0.1, 0.15) is 36.5 Å². The summed E-state index contributed by atoms with van der Waals surface area (Å²) in [5.74, 6) is -0.395. The summed E-state index contributed by atoms with van der Waals surface area (Å²) >= 11 is 0. The van der Waals surface area contributed by atoms with Crippen molar-refractivity contribution in [2.45, 2.75) is 46.3 Å². The van der Waals surface area contributed by atoms with E-state index in [1.54, 1.807) is 19.1 Å². The molecular formula is C24H25NO6. The summed E-state index contributed by atoms with van der Waals surface area (Å²) in [7, 11) is 0. The van der Waals surface area contributed by atoms with E-state index in [1.165, 1.54) is 6.07 Å². The van der Waals surface area contributed by atoms with Crippen LogP contribution in [0.5, 0.6) is 5.75 Å². The molecule has 7 nitrogen and oxygen atoms in total. The predicted molar refractivity (Wildman–Crippen MR) is 116 cm³/mol. The second-order valence-corrected chi connectivity index (χ2v) is 7.27. The average Bonchev–Trinajstić information content (AvgIpc) is 2.76. The van der Waals surface area contributed by atoms with Gasteiger partial charge in [-0.2, -0.15) is 0 Å². The van der Waals surface area contributed by atoms with Gasteiger partial charge in [-0.3, -0.25) is 0 Å². The smallest absolute Gasteiger partial charge is 0.408 e. The lowest BCUT2D eigenvalue weighted by molar-refractivity contribution is -0.136. The second-order valence-electron chi connectivity index (χ2n) is 7.27.